The molecule has 0 aliphatic heterocycles. The Balaban J connectivity index is 1.98. The van der Waals surface area contributed by atoms with E-state index in [0.29, 0.717) is 12.2 Å². The minimum Gasteiger partial charge on any atom is -0.507 e. The molecule has 1 atom stereocenters. The molecule has 3 rings (SSSR count). The van der Waals surface area contributed by atoms with Gasteiger partial charge >= 0.3 is 5.97 Å². The van der Waals surface area contributed by atoms with Gasteiger partial charge in [0.1, 0.15) is 11.6 Å². The molecule has 0 saturated heterocycles. The Morgan fingerprint density at radius 1 is 1.11 bits per heavy atom. The Hall–Kier alpha value is -2.36. The van der Waals surface area contributed by atoms with Crippen LogP contribution in [-0.4, -0.2) is 18.2 Å². The first-order valence-corrected chi connectivity index (χ1v) is 10.1. The standard InChI is InChI=1S/C24H29FO3/c1-15-16(2)24(27)23(21-9-6-8-19(15)21)20(7-4-5-10-22(26)28-3)17-11-13-18(25)14-12-17/h11-14,20,27H,4-10H2,1-3H3/t20-/m1/s1. The summed E-state index contributed by atoms with van der Waals surface area (Å²) in [5.74, 6) is -0.0965. The lowest BCUT2D eigenvalue weighted by molar-refractivity contribution is -0.140. The minimum atomic E-state index is -0.261. The number of hydrogen-bond acceptors (Lipinski definition) is 3. The van der Waals surface area contributed by atoms with Crippen LogP contribution in [0.3, 0.4) is 0 Å². The zero-order chi connectivity index (χ0) is 20.3. The maximum absolute atomic E-state index is 13.5. The number of carbonyl (C=O) groups excluding carboxylic acids is 1. The Kier molecular flexibility index (Phi) is 6.38. The molecular weight excluding hydrogens is 355 g/mol. The number of halogens is 1. The lowest BCUT2D eigenvalue weighted by Crippen LogP contribution is -2.09. The number of ether oxygens (including phenoxy) is 1. The molecule has 0 heterocycles. The summed E-state index contributed by atoms with van der Waals surface area (Å²) in [5, 5.41) is 11.1. The van der Waals surface area contributed by atoms with Gasteiger partial charge in [-0.3, -0.25) is 4.79 Å². The number of phenols is 1. The maximum Gasteiger partial charge on any atom is 0.305 e. The number of methoxy groups -OCH3 is 1. The van der Waals surface area contributed by atoms with E-state index in [1.807, 2.05) is 19.1 Å². The highest BCUT2D eigenvalue weighted by atomic mass is 19.1. The summed E-state index contributed by atoms with van der Waals surface area (Å²) < 4.78 is 18.2. The molecular formula is C24H29FO3. The van der Waals surface area contributed by atoms with E-state index in [0.717, 1.165) is 55.2 Å². The second-order valence-electron chi connectivity index (χ2n) is 7.75. The predicted molar refractivity (Wildman–Crippen MR) is 108 cm³/mol. The Morgan fingerprint density at radius 2 is 1.79 bits per heavy atom. The van der Waals surface area contributed by atoms with Crippen molar-refractivity contribution in [1.82, 2.24) is 0 Å². The van der Waals surface area contributed by atoms with Crippen molar-refractivity contribution >= 4 is 5.97 Å². The fourth-order valence-corrected chi connectivity index (χ4v) is 4.47. The van der Waals surface area contributed by atoms with Crippen molar-refractivity contribution in [2.75, 3.05) is 7.11 Å². The van der Waals surface area contributed by atoms with Gasteiger partial charge in [0, 0.05) is 17.9 Å². The van der Waals surface area contributed by atoms with Gasteiger partial charge in [-0.25, -0.2) is 4.39 Å². The summed E-state index contributed by atoms with van der Waals surface area (Å²) in [6, 6.07) is 6.59. The summed E-state index contributed by atoms with van der Waals surface area (Å²) in [4.78, 5) is 11.4. The van der Waals surface area contributed by atoms with Crippen molar-refractivity contribution in [3.05, 3.63) is 63.5 Å². The van der Waals surface area contributed by atoms with E-state index >= 15 is 0 Å². The normalized spacial score (nSPS) is 14.0. The SMILES string of the molecule is COC(=O)CCCC[C@H](c1ccc(F)cc1)c1c(O)c(C)c(C)c2c1CCC2. The number of hydrogen-bond donors (Lipinski definition) is 1. The van der Waals surface area contributed by atoms with E-state index in [1.54, 1.807) is 0 Å². The Labute approximate surface area is 166 Å². The molecule has 0 aromatic heterocycles. The van der Waals surface area contributed by atoms with Crippen LogP contribution in [0.5, 0.6) is 5.75 Å². The number of rotatable bonds is 7. The smallest absolute Gasteiger partial charge is 0.305 e. The molecule has 150 valence electrons. The lowest BCUT2D eigenvalue weighted by atomic mass is 9.80. The molecule has 0 radical (unpaired) electrons. The number of benzene rings is 2. The number of phenolic OH excluding ortho intramolecular Hbond substituents is 1. The second kappa shape index (κ2) is 8.76. The van der Waals surface area contributed by atoms with Crippen LogP contribution in [0.25, 0.3) is 0 Å². The molecule has 0 saturated carbocycles. The van der Waals surface area contributed by atoms with Crippen LogP contribution >= 0.6 is 0 Å². The first-order chi connectivity index (χ1) is 13.4. The van der Waals surface area contributed by atoms with Crippen molar-refractivity contribution in [3.63, 3.8) is 0 Å². The first-order valence-electron chi connectivity index (χ1n) is 10.1. The Morgan fingerprint density at radius 3 is 2.46 bits per heavy atom. The van der Waals surface area contributed by atoms with Gasteiger partial charge in [0.05, 0.1) is 7.11 Å². The molecule has 3 nitrogen and oxygen atoms in total. The largest absolute Gasteiger partial charge is 0.507 e. The lowest BCUT2D eigenvalue weighted by Gasteiger charge is -2.25. The van der Waals surface area contributed by atoms with Crippen LogP contribution in [0.4, 0.5) is 4.39 Å². The molecule has 1 N–H and O–H groups in total. The first kappa shape index (κ1) is 20.4. The van der Waals surface area contributed by atoms with Gasteiger partial charge in [-0.15, -0.1) is 0 Å². The third-order valence-corrected chi connectivity index (χ3v) is 6.14. The zero-order valence-corrected chi connectivity index (χ0v) is 17.0. The van der Waals surface area contributed by atoms with E-state index in [2.05, 4.69) is 6.92 Å². The molecule has 0 fully saturated rings. The van der Waals surface area contributed by atoms with Gasteiger partial charge in [0.2, 0.25) is 0 Å². The van der Waals surface area contributed by atoms with Gasteiger partial charge in [0.25, 0.3) is 0 Å². The number of fused-ring (bicyclic) bond motifs is 1. The van der Waals surface area contributed by atoms with E-state index in [9.17, 15) is 14.3 Å². The number of unbranched alkanes of at least 4 members (excludes halogenated alkanes) is 1. The average Bonchev–Trinajstić information content (AvgIpc) is 3.18. The van der Waals surface area contributed by atoms with Gasteiger partial charge < -0.3 is 9.84 Å². The number of esters is 1. The van der Waals surface area contributed by atoms with Crippen molar-refractivity contribution in [2.24, 2.45) is 0 Å². The van der Waals surface area contributed by atoms with Gasteiger partial charge in [-0.2, -0.15) is 0 Å². The highest BCUT2D eigenvalue weighted by Gasteiger charge is 2.28. The van der Waals surface area contributed by atoms with Crippen LogP contribution in [-0.2, 0) is 22.4 Å². The average molecular weight is 384 g/mol. The van der Waals surface area contributed by atoms with Crippen LogP contribution in [0.2, 0.25) is 0 Å². The molecule has 2 aromatic carbocycles. The molecule has 28 heavy (non-hydrogen) atoms. The Bertz CT molecular complexity index is 855. The topological polar surface area (TPSA) is 46.5 Å². The monoisotopic (exact) mass is 384 g/mol. The molecule has 1 aliphatic rings. The van der Waals surface area contributed by atoms with E-state index in [-0.39, 0.29) is 17.7 Å². The van der Waals surface area contributed by atoms with Crippen molar-refractivity contribution < 1.29 is 19.0 Å². The third kappa shape index (κ3) is 4.06. The van der Waals surface area contributed by atoms with E-state index in [4.69, 9.17) is 4.74 Å². The van der Waals surface area contributed by atoms with Crippen molar-refractivity contribution in [3.8, 4) is 5.75 Å². The van der Waals surface area contributed by atoms with Crippen molar-refractivity contribution in [2.45, 2.75) is 64.7 Å². The zero-order valence-electron chi connectivity index (χ0n) is 17.0. The van der Waals surface area contributed by atoms with Gasteiger partial charge in [0.15, 0.2) is 0 Å². The molecule has 2 aromatic rings. The molecule has 0 spiro atoms. The van der Waals surface area contributed by atoms with Crippen LogP contribution in [0.1, 0.15) is 71.4 Å². The molecule has 0 bridgehead atoms. The maximum atomic E-state index is 13.5. The molecule has 1 aliphatic carbocycles. The van der Waals surface area contributed by atoms with Gasteiger partial charge in [-0.1, -0.05) is 18.6 Å². The number of carbonyl (C=O) groups is 1. The number of aromatic hydroxyl groups is 1. The summed E-state index contributed by atoms with van der Waals surface area (Å²) in [6.07, 6.45) is 5.88. The van der Waals surface area contributed by atoms with Crippen LogP contribution in [0, 0.1) is 19.7 Å². The van der Waals surface area contributed by atoms with Gasteiger partial charge in [-0.05, 0) is 85.9 Å². The predicted octanol–water partition coefficient (Wildman–Crippen LogP) is 5.50. The highest BCUT2D eigenvalue weighted by Crippen LogP contribution is 2.45. The minimum absolute atomic E-state index is 0.00982. The summed E-state index contributed by atoms with van der Waals surface area (Å²) in [7, 11) is 1.40. The fraction of sp³-hybridized carbons (Fsp3) is 0.458. The van der Waals surface area contributed by atoms with Crippen molar-refractivity contribution in [1.29, 1.82) is 0 Å². The quantitative estimate of drug-likeness (QED) is 0.506. The molecule has 4 heteroatoms. The van der Waals surface area contributed by atoms with Crippen LogP contribution in [0.15, 0.2) is 24.3 Å². The molecule has 0 amide bonds. The molecule has 0 unspecified atom stereocenters. The van der Waals surface area contributed by atoms with E-state index in [1.165, 1.54) is 35.9 Å². The summed E-state index contributed by atoms with van der Waals surface area (Å²) in [6.45, 7) is 4.07. The third-order valence-electron chi connectivity index (χ3n) is 6.14. The summed E-state index contributed by atoms with van der Waals surface area (Å²) in [5.41, 5.74) is 6.77. The fourth-order valence-electron chi connectivity index (χ4n) is 4.47. The van der Waals surface area contributed by atoms with E-state index < -0.39 is 0 Å². The summed E-state index contributed by atoms with van der Waals surface area (Å²) >= 11 is 0. The second-order valence-corrected chi connectivity index (χ2v) is 7.75. The highest BCUT2D eigenvalue weighted by molar-refractivity contribution is 5.69. The van der Waals surface area contributed by atoms with Crippen LogP contribution < -0.4 is 0 Å².